The standard InChI is InChI=1S/C15H25NO2/c1-11-8-14(18)16(10-11)13-9-12(17)4-7-15(13)5-2-3-6-15/h11-13,17H,2-10H2,1H3. The summed E-state index contributed by atoms with van der Waals surface area (Å²) in [6.45, 7) is 3.08. The van der Waals surface area contributed by atoms with E-state index in [1.54, 1.807) is 0 Å². The Balaban J connectivity index is 1.83. The van der Waals surface area contributed by atoms with E-state index in [9.17, 15) is 9.90 Å². The summed E-state index contributed by atoms with van der Waals surface area (Å²) in [6, 6.07) is 0.321. The number of aliphatic hydroxyl groups is 1. The fraction of sp³-hybridized carbons (Fsp3) is 0.933. The van der Waals surface area contributed by atoms with Crippen molar-refractivity contribution in [1.29, 1.82) is 0 Å². The quantitative estimate of drug-likeness (QED) is 0.777. The second-order valence-electron chi connectivity index (χ2n) is 6.87. The summed E-state index contributed by atoms with van der Waals surface area (Å²) in [6.07, 6.45) is 8.55. The number of likely N-dealkylation sites (tertiary alicyclic amines) is 1. The lowest BCUT2D eigenvalue weighted by Crippen LogP contribution is -2.52. The molecule has 1 aliphatic heterocycles. The minimum atomic E-state index is -0.190. The molecule has 0 radical (unpaired) electrons. The third-order valence-corrected chi connectivity index (χ3v) is 5.51. The Labute approximate surface area is 110 Å². The van der Waals surface area contributed by atoms with Crippen LogP contribution in [0.3, 0.4) is 0 Å². The predicted molar refractivity (Wildman–Crippen MR) is 70.0 cm³/mol. The van der Waals surface area contributed by atoms with Crippen LogP contribution in [0.2, 0.25) is 0 Å². The molecule has 1 saturated heterocycles. The number of nitrogens with zero attached hydrogens (tertiary/aromatic N) is 1. The molecule has 102 valence electrons. The van der Waals surface area contributed by atoms with E-state index >= 15 is 0 Å². The van der Waals surface area contributed by atoms with Crippen molar-refractivity contribution in [2.45, 2.75) is 70.4 Å². The summed E-state index contributed by atoms with van der Waals surface area (Å²) < 4.78 is 0. The molecule has 0 bridgehead atoms. The predicted octanol–water partition coefficient (Wildman–Crippen LogP) is 2.33. The van der Waals surface area contributed by atoms with Gasteiger partial charge in [0.2, 0.25) is 5.91 Å². The summed E-state index contributed by atoms with van der Waals surface area (Å²) in [5.41, 5.74) is 0.346. The molecule has 3 rings (SSSR count). The molecule has 2 saturated carbocycles. The van der Waals surface area contributed by atoms with Crippen LogP contribution < -0.4 is 0 Å². The number of hydrogen-bond donors (Lipinski definition) is 1. The maximum absolute atomic E-state index is 12.2. The number of aliphatic hydroxyl groups excluding tert-OH is 1. The van der Waals surface area contributed by atoms with Crippen molar-refractivity contribution in [2.75, 3.05) is 6.54 Å². The lowest BCUT2D eigenvalue weighted by atomic mass is 9.67. The largest absolute Gasteiger partial charge is 0.393 e. The highest BCUT2D eigenvalue weighted by Gasteiger charge is 2.49. The van der Waals surface area contributed by atoms with Crippen molar-refractivity contribution in [2.24, 2.45) is 11.3 Å². The van der Waals surface area contributed by atoms with Gasteiger partial charge in [0.25, 0.3) is 0 Å². The van der Waals surface area contributed by atoms with Gasteiger partial charge in [0.05, 0.1) is 6.10 Å². The topological polar surface area (TPSA) is 40.5 Å². The summed E-state index contributed by atoms with van der Waals surface area (Å²) in [5.74, 6) is 0.822. The van der Waals surface area contributed by atoms with Crippen LogP contribution >= 0.6 is 0 Å². The summed E-state index contributed by atoms with van der Waals surface area (Å²) in [7, 11) is 0. The van der Waals surface area contributed by atoms with Gasteiger partial charge in [-0.1, -0.05) is 19.8 Å². The Morgan fingerprint density at radius 2 is 2.00 bits per heavy atom. The van der Waals surface area contributed by atoms with Gasteiger partial charge in [-0.2, -0.15) is 0 Å². The summed E-state index contributed by atoms with van der Waals surface area (Å²) in [5, 5.41) is 10.00. The van der Waals surface area contributed by atoms with Gasteiger partial charge in [0, 0.05) is 19.0 Å². The van der Waals surface area contributed by atoms with Gasteiger partial charge in [-0.05, 0) is 43.4 Å². The fourth-order valence-corrected chi connectivity index (χ4v) is 4.58. The van der Waals surface area contributed by atoms with Crippen LogP contribution in [0.4, 0.5) is 0 Å². The molecule has 3 aliphatic rings. The molecule has 1 N–H and O–H groups in total. The molecule has 1 heterocycles. The van der Waals surface area contributed by atoms with Gasteiger partial charge in [0.1, 0.15) is 0 Å². The smallest absolute Gasteiger partial charge is 0.223 e. The van der Waals surface area contributed by atoms with Crippen molar-refractivity contribution >= 4 is 5.91 Å². The minimum absolute atomic E-state index is 0.190. The van der Waals surface area contributed by atoms with Crippen LogP contribution in [0.15, 0.2) is 0 Å². The molecule has 2 aliphatic carbocycles. The number of carbonyl (C=O) groups is 1. The minimum Gasteiger partial charge on any atom is -0.393 e. The molecule has 18 heavy (non-hydrogen) atoms. The van der Waals surface area contributed by atoms with Crippen molar-refractivity contribution in [3.05, 3.63) is 0 Å². The van der Waals surface area contributed by atoms with E-state index in [0.29, 0.717) is 29.7 Å². The average molecular weight is 251 g/mol. The van der Waals surface area contributed by atoms with E-state index < -0.39 is 0 Å². The molecule has 1 amide bonds. The van der Waals surface area contributed by atoms with E-state index in [1.165, 1.54) is 25.7 Å². The van der Waals surface area contributed by atoms with Crippen molar-refractivity contribution < 1.29 is 9.90 Å². The second kappa shape index (κ2) is 4.52. The lowest BCUT2D eigenvalue weighted by Gasteiger charge is -2.47. The number of carbonyl (C=O) groups excluding carboxylic acids is 1. The first-order valence-corrected chi connectivity index (χ1v) is 7.58. The number of amides is 1. The normalized spacial score (nSPS) is 39.8. The van der Waals surface area contributed by atoms with Crippen LogP contribution in [0.5, 0.6) is 0 Å². The van der Waals surface area contributed by atoms with Crippen LogP contribution in [-0.2, 0) is 4.79 Å². The average Bonchev–Trinajstić information content (AvgIpc) is 2.91. The number of hydrogen-bond acceptors (Lipinski definition) is 2. The zero-order valence-electron chi connectivity index (χ0n) is 11.4. The Hall–Kier alpha value is -0.570. The highest BCUT2D eigenvalue weighted by molar-refractivity contribution is 5.79. The third-order valence-electron chi connectivity index (χ3n) is 5.51. The highest BCUT2D eigenvalue weighted by Crippen LogP contribution is 2.51. The third kappa shape index (κ3) is 1.97. The Bertz CT molecular complexity index is 335. The molecular weight excluding hydrogens is 226 g/mol. The van der Waals surface area contributed by atoms with E-state index in [4.69, 9.17) is 0 Å². The van der Waals surface area contributed by atoms with Crippen molar-refractivity contribution in [3.63, 3.8) is 0 Å². The van der Waals surface area contributed by atoms with Gasteiger partial charge in [-0.3, -0.25) is 4.79 Å². The van der Waals surface area contributed by atoms with Crippen LogP contribution in [-0.4, -0.2) is 34.6 Å². The second-order valence-corrected chi connectivity index (χ2v) is 6.87. The Morgan fingerprint density at radius 1 is 1.28 bits per heavy atom. The highest BCUT2D eigenvalue weighted by atomic mass is 16.3. The van der Waals surface area contributed by atoms with Gasteiger partial charge in [-0.25, -0.2) is 0 Å². The Morgan fingerprint density at radius 3 is 2.61 bits per heavy atom. The zero-order chi connectivity index (χ0) is 12.8. The Kier molecular flexibility index (Phi) is 3.13. The van der Waals surface area contributed by atoms with Crippen molar-refractivity contribution in [1.82, 2.24) is 4.90 Å². The monoisotopic (exact) mass is 251 g/mol. The molecule has 3 heteroatoms. The van der Waals surface area contributed by atoms with Gasteiger partial charge in [-0.15, -0.1) is 0 Å². The zero-order valence-corrected chi connectivity index (χ0v) is 11.4. The molecule has 0 aromatic carbocycles. The maximum atomic E-state index is 12.2. The fourth-order valence-electron chi connectivity index (χ4n) is 4.58. The van der Waals surface area contributed by atoms with Crippen LogP contribution in [0.25, 0.3) is 0 Å². The SMILES string of the molecule is CC1CC(=O)N(C2CC(O)CCC23CCCC3)C1. The van der Waals surface area contributed by atoms with E-state index in [1.807, 2.05) is 0 Å². The molecule has 1 spiro atoms. The number of rotatable bonds is 1. The lowest BCUT2D eigenvalue weighted by molar-refractivity contribution is -0.135. The first-order valence-electron chi connectivity index (χ1n) is 7.58. The molecule has 3 nitrogen and oxygen atoms in total. The van der Waals surface area contributed by atoms with Gasteiger partial charge < -0.3 is 10.0 Å². The maximum Gasteiger partial charge on any atom is 0.223 e. The van der Waals surface area contributed by atoms with E-state index in [0.717, 1.165) is 25.8 Å². The van der Waals surface area contributed by atoms with Gasteiger partial charge >= 0.3 is 0 Å². The molecule has 3 fully saturated rings. The molecular formula is C15H25NO2. The van der Waals surface area contributed by atoms with Crippen LogP contribution in [0, 0.1) is 11.3 Å². The van der Waals surface area contributed by atoms with E-state index in [2.05, 4.69) is 11.8 Å². The van der Waals surface area contributed by atoms with Crippen LogP contribution in [0.1, 0.15) is 58.3 Å². The first-order chi connectivity index (χ1) is 8.61. The summed E-state index contributed by atoms with van der Waals surface area (Å²) in [4.78, 5) is 14.3. The van der Waals surface area contributed by atoms with Gasteiger partial charge in [0.15, 0.2) is 0 Å². The van der Waals surface area contributed by atoms with E-state index in [-0.39, 0.29) is 6.10 Å². The molecule has 3 atom stereocenters. The first kappa shape index (κ1) is 12.5. The molecule has 0 aromatic heterocycles. The summed E-state index contributed by atoms with van der Waals surface area (Å²) >= 11 is 0. The molecule has 0 aromatic rings. The molecule has 3 unspecified atom stereocenters. The van der Waals surface area contributed by atoms with Crippen molar-refractivity contribution in [3.8, 4) is 0 Å².